The third-order valence-electron chi connectivity index (χ3n) is 6.26. The number of pyridine rings is 1. The van der Waals surface area contributed by atoms with E-state index in [0.29, 0.717) is 11.6 Å². The quantitative estimate of drug-likeness (QED) is 0.689. The lowest BCUT2D eigenvalue weighted by Crippen LogP contribution is -2.42. The summed E-state index contributed by atoms with van der Waals surface area (Å²) in [5, 5.41) is 9.55. The Labute approximate surface area is 174 Å². The minimum absolute atomic E-state index is 0.00215. The highest BCUT2D eigenvalue weighted by atomic mass is 35.5. The second kappa shape index (κ2) is 7.02. The van der Waals surface area contributed by atoms with Crippen molar-refractivity contribution in [1.29, 1.82) is 0 Å². The van der Waals surface area contributed by atoms with Gasteiger partial charge in [-0.05, 0) is 56.5 Å². The summed E-state index contributed by atoms with van der Waals surface area (Å²) in [5.74, 6) is 0. The number of halogens is 1. The summed E-state index contributed by atoms with van der Waals surface area (Å²) in [7, 11) is 0. The van der Waals surface area contributed by atoms with E-state index in [4.69, 9.17) is 16.7 Å². The zero-order valence-electron chi connectivity index (χ0n) is 16.5. The van der Waals surface area contributed by atoms with Crippen LogP contribution in [0.25, 0.3) is 22.2 Å². The van der Waals surface area contributed by atoms with Gasteiger partial charge in [-0.1, -0.05) is 11.6 Å². The molecule has 0 bridgehead atoms. The predicted molar refractivity (Wildman–Crippen MR) is 114 cm³/mol. The van der Waals surface area contributed by atoms with Crippen molar-refractivity contribution in [2.24, 2.45) is 0 Å². The Balaban J connectivity index is 1.50. The van der Waals surface area contributed by atoms with Crippen LogP contribution in [0.2, 0.25) is 5.02 Å². The molecular formula is C22H24ClN5O. The van der Waals surface area contributed by atoms with Crippen LogP contribution in [-0.2, 0) is 12.0 Å². The molecule has 0 radical (unpaired) electrons. The lowest BCUT2D eigenvalue weighted by molar-refractivity contribution is 0.203. The zero-order chi connectivity index (χ0) is 20.0. The number of carbonyl (C=O) groups excluding carboxylic acids is 1. The number of hydrogen-bond acceptors (Lipinski definition) is 3. The third kappa shape index (κ3) is 3.15. The molecule has 5 rings (SSSR count). The number of nitrogens with one attached hydrogen (secondary N) is 1. The van der Waals surface area contributed by atoms with Gasteiger partial charge in [0.25, 0.3) is 0 Å². The molecule has 0 saturated carbocycles. The second-order valence-electron chi connectivity index (χ2n) is 8.09. The molecule has 150 valence electrons. The molecule has 1 spiro atoms. The maximum absolute atomic E-state index is 12.3. The highest BCUT2D eigenvalue weighted by molar-refractivity contribution is 6.31. The molecule has 1 N–H and O–H groups in total. The number of aromatic nitrogens is 3. The van der Waals surface area contributed by atoms with Crippen LogP contribution in [0.3, 0.4) is 0 Å². The van der Waals surface area contributed by atoms with Gasteiger partial charge in [0.05, 0.1) is 11.2 Å². The number of nitrogens with zero attached hydrogens (tertiary/aromatic N) is 4. The zero-order valence-corrected chi connectivity index (χ0v) is 17.2. The highest BCUT2D eigenvalue weighted by Gasteiger charge is 2.45. The Hall–Kier alpha value is -2.60. The lowest BCUT2D eigenvalue weighted by Gasteiger charge is -2.34. The van der Waals surface area contributed by atoms with E-state index < -0.39 is 0 Å². The number of rotatable bonds is 2. The van der Waals surface area contributed by atoms with E-state index in [1.165, 1.54) is 5.69 Å². The molecule has 29 heavy (non-hydrogen) atoms. The number of benzene rings is 1. The first-order valence-corrected chi connectivity index (χ1v) is 10.6. The normalized spacial score (nSPS) is 21.0. The van der Waals surface area contributed by atoms with E-state index >= 15 is 0 Å². The SMILES string of the molecule is CCNC(=O)N1CCC2(CCCn3nc(-c4cnc5ccc(Cl)cc5c4)cc32)C1. The summed E-state index contributed by atoms with van der Waals surface area (Å²) in [6.07, 6.45) is 5.05. The first-order chi connectivity index (χ1) is 14.1. The number of carbonyl (C=O) groups is 1. The van der Waals surface area contributed by atoms with Gasteiger partial charge in [0.1, 0.15) is 0 Å². The number of fused-ring (bicyclic) bond motifs is 3. The third-order valence-corrected chi connectivity index (χ3v) is 6.49. The Bertz CT molecular complexity index is 1090. The molecule has 2 amide bonds. The van der Waals surface area contributed by atoms with Crippen LogP contribution in [0.15, 0.2) is 36.5 Å². The van der Waals surface area contributed by atoms with Gasteiger partial charge in [0.15, 0.2) is 0 Å². The van der Waals surface area contributed by atoms with Gasteiger partial charge in [0, 0.05) is 59.5 Å². The van der Waals surface area contributed by atoms with Crippen LogP contribution in [0.4, 0.5) is 4.79 Å². The van der Waals surface area contributed by atoms with E-state index in [2.05, 4.69) is 27.1 Å². The Morgan fingerprint density at radius 1 is 1.24 bits per heavy atom. The fourth-order valence-electron chi connectivity index (χ4n) is 4.81. The van der Waals surface area contributed by atoms with Crippen LogP contribution in [0.5, 0.6) is 0 Å². The molecular weight excluding hydrogens is 386 g/mol. The number of urea groups is 1. The summed E-state index contributed by atoms with van der Waals surface area (Å²) in [6.45, 7) is 5.09. The summed E-state index contributed by atoms with van der Waals surface area (Å²) in [6, 6.07) is 10.1. The fourth-order valence-corrected chi connectivity index (χ4v) is 5.00. The molecule has 2 aliphatic rings. The minimum Gasteiger partial charge on any atom is -0.338 e. The average Bonchev–Trinajstić information content (AvgIpc) is 3.34. The molecule has 1 aromatic carbocycles. The highest BCUT2D eigenvalue weighted by Crippen LogP contribution is 2.43. The van der Waals surface area contributed by atoms with Crippen LogP contribution in [-0.4, -0.2) is 45.3 Å². The van der Waals surface area contributed by atoms with Crippen LogP contribution in [0, 0.1) is 0 Å². The van der Waals surface area contributed by atoms with Gasteiger partial charge < -0.3 is 10.2 Å². The summed E-state index contributed by atoms with van der Waals surface area (Å²) >= 11 is 6.16. The van der Waals surface area contributed by atoms with Crippen molar-refractivity contribution in [3.05, 3.63) is 47.2 Å². The van der Waals surface area contributed by atoms with Crippen molar-refractivity contribution in [2.75, 3.05) is 19.6 Å². The first-order valence-electron chi connectivity index (χ1n) is 10.2. The van der Waals surface area contributed by atoms with Crippen molar-refractivity contribution < 1.29 is 4.79 Å². The van der Waals surface area contributed by atoms with Crippen molar-refractivity contribution in [2.45, 2.75) is 38.1 Å². The van der Waals surface area contributed by atoms with Gasteiger partial charge >= 0.3 is 6.03 Å². The average molecular weight is 410 g/mol. The summed E-state index contributed by atoms with van der Waals surface area (Å²) in [5.41, 5.74) is 4.11. The molecule has 3 aromatic rings. The van der Waals surface area contributed by atoms with Crippen LogP contribution >= 0.6 is 11.6 Å². The molecule has 6 nitrogen and oxygen atoms in total. The Morgan fingerprint density at radius 3 is 3.00 bits per heavy atom. The van der Waals surface area contributed by atoms with Crippen molar-refractivity contribution in [1.82, 2.24) is 25.0 Å². The molecule has 0 aliphatic carbocycles. The summed E-state index contributed by atoms with van der Waals surface area (Å²) < 4.78 is 2.14. The van der Waals surface area contributed by atoms with Crippen LogP contribution in [0.1, 0.15) is 31.9 Å². The van der Waals surface area contributed by atoms with Gasteiger partial charge in [-0.25, -0.2) is 4.79 Å². The van der Waals surface area contributed by atoms with Crippen molar-refractivity contribution in [3.63, 3.8) is 0 Å². The molecule has 2 aromatic heterocycles. The smallest absolute Gasteiger partial charge is 0.317 e. The van der Waals surface area contributed by atoms with Gasteiger partial charge in [-0.3, -0.25) is 9.67 Å². The molecule has 1 saturated heterocycles. The van der Waals surface area contributed by atoms with Crippen LogP contribution < -0.4 is 5.32 Å². The van der Waals surface area contributed by atoms with E-state index in [-0.39, 0.29) is 11.4 Å². The fraction of sp³-hybridized carbons (Fsp3) is 0.409. The van der Waals surface area contributed by atoms with Gasteiger partial charge in [-0.2, -0.15) is 5.10 Å². The molecule has 7 heteroatoms. The minimum atomic E-state index is 0.00215. The lowest BCUT2D eigenvalue weighted by atomic mass is 9.77. The van der Waals surface area contributed by atoms with E-state index in [1.54, 1.807) is 0 Å². The molecule has 1 fully saturated rings. The van der Waals surface area contributed by atoms with Crippen molar-refractivity contribution >= 4 is 28.5 Å². The van der Waals surface area contributed by atoms with Gasteiger partial charge in [-0.15, -0.1) is 0 Å². The van der Waals surface area contributed by atoms with E-state index in [1.807, 2.05) is 36.2 Å². The molecule has 2 aliphatic heterocycles. The number of amides is 2. The maximum Gasteiger partial charge on any atom is 0.317 e. The topological polar surface area (TPSA) is 63.1 Å². The Kier molecular flexibility index (Phi) is 4.46. The predicted octanol–water partition coefficient (Wildman–Crippen LogP) is 4.22. The number of hydrogen-bond donors (Lipinski definition) is 1. The Morgan fingerprint density at radius 2 is 2.14 bits per heavy atom. The number of aryl methyl sites for hydroxylation is 1. The number of likely N-dealkylation sites (tertiary alicyclic amines) is 1. The van der Waals surface area contributed by atoms with E-state index in [9.17, 15) is 4.79 Å². The second-order valence-corrected chi connectivity index (χ2v) is 8.53. The maximum atomic E-state index is 12.3. The molecule has 1 atom stereocenters. The molecule has 4 heterocycles. The first kappa shape index (κ1) is 18.4. The molecule has 1 unspecified atom stereocenters. The largest absolute Gasteiger partial charge is 0.338 e. The van der Waals surface area contributed by atoms with E-state index in [0.717, 1.165) is 61.1 Å². The van der Waals surface area contributed by atoms with Crippen molar-refractivity contribution in [3.8, 4) is 11.3 Å². The monoisotopic (exact) mass is 409 g/mol. The van der Waals surface area contributed by atoms with Gasteiger partial charge in [0.2, 0.25) is 0 Å². The summed E-state index contributed by atoms with van der Waals surface area (Å²) in [4.78, 5) is 18.9. The standard InChI is InChI=1S/C22H24ClN5O/c1-2-24-21(29)27-9-7-22(14-27)6-3-8-28-20(22)12-19(26-28)16-10-15-11-17(23)4-5-18(15)25-13-16/h4-5,10-13H,2-3,6-9,14H2,1H3,(H,24,29).